The Morgan fingerprint density at radius 1 is 0.745 bits per heavy atom. The van der Waals surface area contributed by atoms with Crippen LogP contribution in [0.5, 0.6) is 0 Å². The van der Waals surface area contributed by atoms with Crippen LogP contribution in [-0.4, -0.2) is 52.0 Å². The van der Waals surface area contributed by atoms with Crippen molar-refractivity contribution < 1.29 is 15.1 Å². The maximum Gasteiger partial charge on any atom is 0.189 e. The smallest absolute Gasteiger partial charge is 0.189 e. The van der Waals surface area contributed by atoms with Gasteiger partial charge in [-0.15, -0.1) is 5.06 Å². The summed E-state index contributed by atoms with van der Waals surface area (Å²) in [7, 11) is 0. The summed E-state index contributed by atoms with van der Waals surface area (Å²) < 4.78 is 0. The first-order chi connectivity index (χ1) is 22.9. The van der Waals surface area contributed by atoms with Gasteiger partial charge in [0.2, 0.25) is 0 Å². The Labute approximate surface area is 287 Å². The number of aliphatic hydroxyl groups excluding tert-OH is 2. The van der Waals surface area contributed by atoms with Gasteiger partial charge in [-0.05, 0) is 89.4 Å². The average molecular weight is 668 g/mol. The van der Waals surface area contributed by atoms with Crippen LogP contribution >= 0.6 is 23.2 Å². The summed E-state index contributed by atoms with van der Waals surface area (Å²) >= 11 is 12.0. The summed E-state index contributed by atoms with van der Waals surface area (Å²) in [5, 5.41) is 23.6. The molecule has 2 fully saturated rings. The van der Waals surface area contributed by atoms with Crippen LogP contribution < -0.4 is 0 Å². The average Bonchev–Trinajstić information content (AvgIpc) is 3.82. The second-order valence-electron chi connectivity index (χ2n) is 12.4. The highest BCUT2D eigenvalue weighted by atomic mass is 35.5. The number of hydroxylamine groups is 2. The molecule has 3 aliphatic heterocycles. The van der Waals surface area contributed by atoms with E-state index in [9.17, 15) is 10.2 Å². The van der Waals surface area contributed by atoms with Gasteiger partial charge in [0, 0.05) is 41.7 Å². The summed E-state index contributed by atoms with van der Waals surface area (Å²) in [6, 6.07) is 36.3. The van der Waals surface area contributed by atoms with Gasteiger partial charge in [0.05, 0.1) is 12.2 Å². The summed E-state index contributed by atoms with van der Waals surface area (Å²) in [6.07, 6.45) is 8.11. The largest absolute Gasteiger partial charge is 0.393 e. The molecule has 7 heteroatoms. The summed E-state index contributed by atoms with van der Waals surface area (Å²) in [5.41, 5.74) is 7.58. The first-order valence-electron chi connectivity index (χ1n) is 16.2. The lowest BCUT2D eigenvalue weighted by Gasteiger charge is -2.24. The molecule has 2 N–H and O–H groups in total. The molecule has 4 aromatic carbocycles. The molecule has 242 valence electrons. The molecule has 5 nitrogen and oxygen atoms in total. The Morgan fingerprint density at radius 2 is 1.32 bits per heavy atom. The van der Waals surface area contributed by atoms with Crippen molar-refractivity contribution >= 4 is 41.1 Å². The molecule has 0 aliphatic carbocycles. The monoisotopic (exact) mass is 666 g/mol. The number of benzene rings is 4. The van der Waals surface area contributed by atoms with Crippen molar-refractivity contribution in [1.82, 2.24) is 5.06 Å². The van der Waals surface area contributed by atoms with Crippen molar-refractivity contribution in [3.05, 3.63) is 153 Å². The number of hydrogen-bond acceptors (Lipinski definition) is 5. The van der Waals surface area contributed by atoms with E-state index in [0.29, 0.717) is 19.4 Å². The Hall–Kier alpha value is -3.55. The first-order valence-corrected chi connectivity index (χ1v) is 17.0. The fourth-order valence-electron chi connectivity index (χ4n) is 6.23. The van der Waals surface area contributed by atoms with Crippen LogP contribution in [-0.2, 0) is 17.7 Å². The molecule has 0 amide bonds. The Morgan fingerprint density at radius 3 is 1.91 bits per heavy atom. The van der Waals surface area contributed by atoms with Gasteiger partial charge in [-0.3, -0.25) is 9.83 Å². The third kappa shape index (κ3) is 9.08. The van der Waals surface area contributed by atoms with Crippen LogP contribution in [0.3, 0.4) is 0 Å². The molecule has 7 rings (SSSR count). The lowest BCUT2D eigenvalue weighted by Crippen LogP contribution is -2.34. The van der Waals surface area contributed by atoms with Crippen LogP contribution in [0.15, 0.2) is 125 Å². The predicted octanol–water partition coefficient (Wildman–Crippen LogP) is 8.63. The molecule has 4 unspecified atom stereocenters. The maximum absolute atomic E-state index is 10.1. The molecule has 47 heavy (non-hydrogen) atoms. The van der Waals surface area contributed by atoms with Gasteiger partial charge in [-0.25, -0.2) is 0 Å². The van der Waals surface area contributed by atoms with Crippen molar-refractivity contribution in [2.75, 3.05) is 13.1 Å². The van der Waals surface area contributed by atoms with Crippen LogP contribution in [0, 0.1) is 0 Å². The van der Waals surface area contributed by atoms with E-state index in [4.69, 9.17) is 28.0 Å². The number of rotatable bonds is 8. The summed E-state index contributed by atoms with van der Waals surface area (Å²) in [4.78, 5) is 10.6. The van der Waals surface area contributed by atoms with E-state index in [0.717, 1.165) is 64.7 Å². The van der Waals surface area contributed by atoms with Gasteiger partial charge < -0.3 is 10.2 Å². The minimum Gasteiger partial charge on any atom is -0.393 e. The van der Waals surface area contributed by atoms with Crippen LogP contribution in [0.4, 0.5) is 0 Å². The topological polar surface area (TPSA) is 68.4 Å². The molecule has 0 bridgehead atoms. The number of nitrogens with zero attached hydrogens (tertiary/aromatic N) is 2. The van der Waals surface area contributed by atoms with Crippen LogP contribution in [0.2, 0.25) is 10.0 Å². The zero-order valence-electron chi connectivity index (χ0n) is 26.3. The number of aliphatic imine (C=N–C) groups is 1. The SMILES string of the molecule is OC1CCN2OC2(C(=Cc2ccc(Cl)cc2)Cc2ccccc2)C1.OC1CCN=C(C(=Cc2ccc(Cl)cc2)Cc2ccccc2)C1. The van der Waals surface area contributed by atoms with Crippen LogP contribution in [0.1, 0.15) is 47.9 Å². The lowest BCUT2D eigenvalue weighted by molar-refractivity contribution is 0.105. The molecule has 0 saturated carbocycles. The lowest BCUT2D eigenvalue weighted by atomic mass is 9.88. The Balaban J connectivity index is 0.000000165. The second-order valence-corrected chi connectivity index (χ2v) is 13.2. The van der Waals surface area contributed by atoms with Gasteiger partial charge >= 0.3 is 0 Å². The highest BCUT2D eigenvalue weighted by Crippen LogP contribution is 2.50. The number of piperidine rings is 1. The normalized spacial score (nSPS) is 24.0. The fourth-order valence-corrected chi connectivity index (χ4v) is 6.48. The first kappa shape index (κ1) is 33.4. The number of aliphatic hydroxyl groups is 2. The third-order valence-electron chi connectivity index (χ3n) is 8.77. The van der Waals surface area contributed by atoms with E-state index >= 15 is 0 Å². The second kappa shape index (κ2) is 15.6. The van der Waals surface area contributed by atoms with Crippen molar-refractivity contribution in [3.63, 3.8) is 0 Å². The maximum atomic E-state index is 10.1. The van der Waals surface area contributed by atoms with E-state index in [1.165, 1.54) is 16.7 Å². The highest BCUT2D eigenvalue weighted by molar-refractivity contribution is 6.30. The van der Waals surface area contributed by atoms with Gasteiger partial charge in [0.1, 0.15) is 0 Å². The molecule has 3 aliphatic rings. The zero-order chi connectivity index (χ0) is 32.6. The summed E-state index contributed by atoms with van der Waals surface area (Å²) in [6.45, 7) is 1.47. The quantitative estimate of drug-likeness (QED) is 0.185. The standard InChI is InChI=1S/C20H20ClNO2.C20H20ClNO/c21-18-8-6-16(7-9-18)13-17(12-15-4-2-1-3-5-15)20-14-19(23)10-11-22(20)24-20;21-18-8-6-16(7-9-18)13-17(12-15-4-2-1-3-5-15)20-14-19(23)10-11-22-20/h1-9,13,19,23H,10-12,14H2;1-9,13,19,23H,10-12,14H2. The van der Waals surface area contributed by atoms with Gasteiger partial charge in [0.25, 0.3) is 0 Å². The Kier molecular flexibility index (Phi) is 11.0. The molecule has 2 saturated heterocycles. The molecule has 0 spiro atoms. The van der Waals surface area contributed by atoms with Crippen molar-refractivity contribution in [2.24, 2.45) is 4.99 Å². The van der Waals surface area contributed by atoms with E-state index in [2.05, 4.69) is 41.4 Å². The molecule has 4 aromatic rings. The van der Waals surface area contributed by atoms with Crippen LogP contribution in [0.25, 0.3) is 12.2 Å². The number of allylic oxidation sites excluding steroid dienone is 1. The molecule has 0 aromatic heterocycles. The Bertz CT molecular complexity index is 1710. The highest BCUT2D eigenvalue weighted by Gasteiger charge is 2.60. The van der Waals surface area contributed by atoms with E-state index in [1.807, 2.05) is 90.0 Å². The fraction of sp³-hybridized carbons (Fsp3) is 0.275. The minimum absolute atomic E-state index is 0.285. The molecular weight excluding hydrogens is 627 g/mol. The molecular formula is C40H40Cl2N2O3. The predicted molar refractivity (Wildman–Crippen MR) is 192 cm³/mol. The van der Waals surface area contributed by atoms with Crippen molar-refractivity contribution in [1.29, 1.82) is 0 Å². The van der Waals surface area contributed by atoms with E-state index in [-0.39, 0.29) is 12.2 Å². The van der Waals surface area contributed by atoms with Gasteiger partial charge in [-0.2, -0.15) is 0 Å². The zero-order valence-corrected chi connectivity index (χ0v) is 27.8. The van der Waals surface area contributed by atoms with E-state index in [1.54, 1.807) is 0 Å². The molecule has 3 heterocycles. The van der Waals surface area contributed by atoms with E-state index < -0.39 is 5.72 Å². The summed E-state index contributed by atoms with van der Waals surface area (Å²) in [5.74, 6) is 0. The molecule has 4 atom stereocenters. The van der Waals surface area contributed by atoms with Crippen molar-refractivity contribution in [3.8, 4) is 0 Å². The van der Waals surface area contributed by atoms with Gasteiger partial charge in [-0.1, -0.05) is 114 Å². The molecule has 0 radical (unpaired) electrons. The third-order valence-corrected chi connectivity index (χ3v) is 9.28. The van der Waals surface area contributed by atoms with Crippen molar-refractivity contribution in [2.45, 2.75) is 56.5 Å². The number of halogens is 2. The number of hydrogen-bond donors (Lipinski definition) is 2. The van der Waals surface area contributed by atoms with Gasteiger partial charge in [0.15, 0.2) is 5.72 Å². The number of fused-ring (bicyclic) bond motifs is 1. The minimum atomic E-state index is -0.451.